The highest BCUT2D eigenvalue weighted by Crippen LogP contribution is 2.37. The molecule has 236 valence electrons. The molecule has 2 aromatic carbocycles. The van der Waals surface area contributed by atoms with Gasteiger partial charge in [0.15, 0.2) is 0 Å². The molecule has 0 aliphatic rings. The van der Waals surface area contributed by atoms with Gasteiger partial charge in [-0.2, -0.15) is 44.3 Å². The summed E-state index contributed by atoms with van der Waals surface area (Å²) in [5.41, 5.74) is -3.02. The second-order valence-electron chi connectivity index (χ2n) is 9.96. The first-order chi connectivity index (χ1) is 20.5. The molecule has 2 heterocycles. The van der Waals surface area contributed by atoms with E-state index in [-0.39, 0.29) is 17.6 Å². The summed E-state index contributed by atoms with van der Waals surface area (Å²) in [5.74, 6) is -0.209. The van der Waals surface area contributed by atoms with Crippen LogP contribution >= 0.6 is 0 Å². The monoisotopic (exact) mass is 631 g/mol. The summed E-state index contributed by atoms with van der Waals surface area (Å²) in [6.45, 7) is 1.17. The molecule has 1 unspecified atom stereocenters. The summed E-state index contributed by atoms with van der Waals surface area (Å²) in [6.07, 6.45) is -11.3. The first-order valence-corrected chi connectivity index (χ1v) is 13.1. The van der Waals surface area contributed by atoms with E-state index in [0.29, 0.717) is 30.7 Å². The van der Waals surface area contributed by atoms with Gasteiger partial charge in [0.1, 0.15) is 0 Å². The van der Waals surface area contributed by atoms with E-state index in [1.807, 2.05) is 6.92 Å². The predicted octanol–water partition coefficient (Wildman–Crippen LogP) is 7.11. The standard InChI is InChI=1S/C28H26F9N7/c1-3-24(39-14-17-6-8-38-9-7-17)23-5-4-20(26(29,30)31)12-19(23)16-44(25-40-42-43(2)41-25)15-18-10-21(27(32,33)34)13-22(11-18)28(35,36)37/h4-13,24,39H,3,14-16H2,1-2H3. The first kappa shape index (κ1) is 32.7. The number of tetrazole rings is 1. The molecular formula is C28H26F9N7. The van der Waals surface area contributed by atoms with E-state index in [1.54, 1.807) is 24.5 Å². The quantitative estimate of drug-likeness (QED) is 0.188. The highest BCUT2D eigenvalue weighted by molar-refractivity contribution is 5.42. The highest BCUT2D eigenvalue weighted by atomic mass is 19.4. The lowest BCUT2D eigenvalue weighted by Gasteiger charge is -2.27. The van der Waals surface area contributed by atoms with Crippen molar-refractivity contribution in [1.29, 1.82) is 0 Å². The SMILES string of the molecule is CCC(NCc1ccncc1)c1ccc(C(F)(F)F)cc1CN(Cc1cc(C(F)(F)F)cc(C(F)(F)F)c1)c1nnn(C)n1. The van der Waals surface area contributed by atoms with Crippen LogP contribution < -0.4 is 10.2 Å². The topological polar surface area (TPSA) is 71.8 Å². The van der Waals surface area contributed by atoms with E-state index in [2.05, 4.69) is 25.7 Å². The van der Waals surface area contributed by atoms with Gasteiger partial charge in [0.05, 0.1) is 23.7 Å². The number of hydrogen-bond acceptors (Lipinski definition) is 6. The fourth-order valence-electron chi connectivity index (χ4n) is 4.61. The molecule has 0 fully saturated rings. The molecule has 0 aliphatic heterocycles. The average molecular weight is 632 g/mol. The zero-order valence-corrected chi connectivity index (χ0v) is 23.3. The van der Waals surface area contributed by atoms with Gasteiger partial charge in [-0.3, -0.25) is 4.98 Å². The van der Waals surface area contributed by atoms with Gasteiger partial charge < -0.3 is 10.2 Å². The molecule has 1 atom stereocenters. The Balaban J connectivity index is 1.77. The number of anilines is 1. The van der Waals surface area contributed by atoms with Crippen molar-refractivity contribution in [2.75, 3.05) is 4.90 Å². The van der Waals surface area contributed by atoms with Crippen LogP contribution in [0.25, 0.3) is 0 Å². The van der Waals surface area contributed by atoms with Crippen LogP contribution in [0.3, 0.4) is 0 Å². The minimum absolute atomic E-state index is 0.000362. The molecule has 1 N–H and O–H groups in total. The fourth-order valence-corrected chi connectivity index (χ4v) is 4.61. The Labute approximate surface area is 245 Å². The Morgan fingerprint density at radius 1 is 0.773 bits per heavy atom. The Hall–Kier alpha value is -4.21. The van der Waals surface area contributed by atoms with Crippen LogP contribution in [0.2, 0.25) is 0 Å². The number of alkyl halides is 9. The Morgan fingerprint density at radius 3 is 1.91 bits per heavy atom. The van der Waals surface area contributed by atoms with Gasteiger partial charge >= 0.3 is 18.5 Å². The van der Waals surface area contributed by atoms with Crippen molar-refractivity contribution in [1.82, 2.24) is 30.5 Å². The normalized spacial score (nSPS) is 13.2. The molecule has 0 bridgehead atoms. The van der Waals surface area contributed by atoms with Gasteiger partial charge in [-0.1, -0.05) is 18.1 Å². The molecule has 0 aliphatic carbocycles. The van der Waals surface area contributed by atoms with Crippen molar-refractivity contribution in [3.05, 3.63) is 99.9 Å². The molecule has 4 rings (SSSR count). The lowest BCUT2D eigenvalue weighted by atomic mass is 9.95. The van der Waals surface area contributed by atoms with Crippen LogP contribution in [0.1, 0.15) is 58.3 Å². The molecule has 7 nitrogen and oxygen atoms in total. The van der Waals surface area contributed by atoms with Gasteiger partial charge in [0.2, 0.25) is 0 Å². The molecule has 44 heavy (non-hydrogen) atoms. The molecule has 0 radical (unpaired) electrons. The molecule has 16 heteroatoms. The first-order valence-electron chi connectivity index (χ1n) is 13.1. The molecular weight excluding hydrogens is 605 g/mol. The summed E-state index contributed by atoms with van der Waals surface area (Å²) in [6, 6.07) is 7.29. The Morgan fingerprint density at radius 2 is 1.39 bits per heavy atom. The third-order valence-electron chi connectivity index (χ3n) is 6.72. The highest BCUT2D eigenvalue weighted by Gasteiger charge is 2.37. The fraction of sp³-hybridized carbons (Fsp3) is 0.357. The number of nitrogens with one attached hydrogen (secondary N) is 1. The van der Waals surface area contributed by atoms with Gasteiger partial charge in [-0.05, 0) is 76.4 Å². The van der Waals surface area contributed by atoms with Gasteiger partial charge in [-0.15, -0.1) is 5.10 Å². The molecule has 4 aromatic rings. The van der Waals surface area contributed by atoms with Gasteiger partial charge in [0, 0.05) is 38.1 Å². The summed E-state index contributed by atoms with van der Waals surface area (Å²) < 4.78 is 123. The van der Waals surface area contributed by atoms with Crippen LogP contribution in [0.4, 0.5) is 45.5 Å². The van der Waals surface area contributed by atoms with E-state index in [4.69, 9.17) is 0 Å². The Bertz CT molecular complexity index is 1520. The number of aromatic nitrogens is 5. The van der Waals surface area contributed by atoms with Crippen molar-refractivity contribution in [3.63, 3.8) is 0 Å². The maximum absolute atomic E-state index is 13.8. The zero-order valence-electron chi connectivity index (χ0n) is 23.3. The van der Waals surface area contributed by atoms with Crippen LogP contribution in [-0.2, 0) is 45.2 Å². The zero-order chi connectivity index (χ0) is 32.3. The third-order valence-corrected chi connectivity index (χ3v) is 6.72. The summed E-state index contributed by atoms with van der Waals surface area (Å²) in [4.78, 5) is 6.14. The Kier molecular flexibility index (Phi) is 9.51. The molecule has 0 amide bonds. The van der Waals surface area contributed by atoms with E-state index in [0.717, 1.165) is 22.5 Å². The van der Waals surface area contributed by atoms with E-state index in [9.17, 15) is 39.5 Å². The number of benzene rings is 2. The number of aryl methyl sites for hydroxylation is 1. The second-order valence-corrected chi connectivity index (χ2v) is 9.96. The van der Waals surface area contributed by atoms with Crippen molar-refractivity contribution in [2.24, 2.45) is 7.05 Å². The average Bonchev–Trinajstić information content (AvgIpc) is 3.38. The van der Waals surface area contributed by atoms with Crippen molar-refractivity contribution in [3.8, 4) is 0 Å². The number of rotatable bonds is 10. The van der Waals surface area contributed by atoms with Crippen LogP contribution in [0, 0.1) is 0 Å². The second kappa shape index (κ2) is 12.8. The number of hydrogen-bond donors (Lipinski definition) is 1. The van der Waals surface area contributed by atoms with Crippen molar-refractivity contribution in [2.45, 2.75) is 57.5 Å². The largest absolute Gasteiger partial charge is 0.416 e. The predicted molar refractivity (Wildman–Crippen MR) is 141 cm³/mol. The summed E-state index contributed by atoms with van der Waals surface area (Å²) in [7, 11) is 1.38. The van der Waals surface area contributed by atoms with E-state index in [1.165, 1.54) is 18.0 Å². The van der Waals surface area contributed by atoms with Crippen LogP contribution in [0.5, 0.6) is 0 Å². The number of pyridine rings is 1. The lowest BCUT2D eigenvalue weighted by Crippen LogP contribution is -2.27. The molecule has 0 spiro atoms. The van der Waals surface area contributed by atoms with Gasteiger partial charge in [0.25, 0.3) is 5.95 Å². The van der Waals surface area contributed by atoms with E-state index >= 15 is 0 Å². The van der Waals surface area contributed by atoms with Crippen LogP contribution in [-0.4, -0.2) is 25.2 Å². The third kappa shape index (κ3) is 8.24. The minimum Gasteiger partial charge on any atom is -0.330 e. The maximum Gasteiger partial charge on any atom is 0.416 e. The van der Waals surface area contributed by atoms with Crippen molar-refractivity contribution >= 4 is 5.95 Å². The molecule has 0 saturated carbocycles. The van der Waals surface area contributed by atoms with E-state index < -0.39 is 59.9 Å². The van der Waals surface area contributed by atoms with Gasteiger partial charge in [-0.25, -0.2) is 0 Å². The smallest absolute Gasteiger partial charge is 0.330 e. The number of nitrogens with zero attached hydrogens (tertiary/aromatic N) is 6. The number of halogens is 9. The van der Waals surface area contributed by atoms with Crippen molar-refractivity contribution < 1.29 is 39.5 Å². The molecule has 0 saturated heterocycles. The lowest BCUT2D eigenvalue weighted by molar-refractivity contribution is -0.143. The summed E-state index contributed by atoms with van der Waals surface area (Å²) in [5, 5.41) is 14.8. The maximum atomic E-state index is 13.8. The minimum atomic E-state index is -5.09. The summed E-state index contributed by atoms with van der Waals surface area (Å²) >= 11 is 0. The molecule has 2 aromatic heterocycles. The van der Waals surface area contributed by atoms with Crippen LogP contribution in [0.15, 0.2) is 60.9 Å².